The van der Waals surface area contributed by atoms with E-state index in [4.69, 9.17) is 4.74 Å². The molecular formula is C28H30FN7O5. The van der Waals surface area contributed by atoms with Crippen LogP contribution in [-0.2, 0) is 11.3 Å². The van der Waals surface area contributed by atoms with Crippen LogP contribution in [0.5, 0.6) is 0 Å². The van der Waals surface area contributed by atoms with Gasteiger partial charge in [0.15, 0.2) is 0 Å². The van der Waals surface area contributed by atoms with Gasteiger partial charge in [-0.3, -0.25) is 24.2 Å². The monoisotopic (exact) mass is 563 g/mol. The van der Waals surface area contributed by atoms with E-state index in [1.165, 1.54) is 0 Å². The van der Waals surface area contributed by atoms with Crippen molar-refractivity contribution in [2.75, 3.05) is 13.1 Å². The number of fused-ring (bicyclic) bond motifs is 4. The van der Waals surface area contributed by atoms with E-state index >= 15 is 0 Å². The Labute approximate surface area is 233 Å². The number of nitrogens with zero attached hydrogens (tertiary/aromatic N) is 6. The smallest absolute Gasteiger partial charge is 0.330 e. The molecule has 0 spiro atoms. The number of hydrogen-bond donors (Lipinski definition) is 3. The van der Waals surface area contributed by atoms with E-state index in [1.54, 1.807) is 10.9 Å². The van der Waals surface area contributed by atoms with Crippen LogP contribution in [0, 0.1) is 11.7 Å². The van der Waals surface area contributed by atoms with Crippen molar-refractivity contribution in [1.82, 2.24) is 34.4 Å². The maximum absolute atomic E-state index is 13.8. The maximum Gasteiger partial charge on any atom is 0.330 e. The van der Waals surface area contributed by atoms with Gasteiger partial charge in [0.2, 0.25) is 5.82 Å². The van der Waals surface area contributed by atoms with Crippen molar-refractivity contribution in [2.45, 2.75) is 62.3 Å². The molecule has 12 nitrogen and oxygen atoms in total. The third-order valence-corrected chi connectivity index (χ3v) is 8.91. The molecule has 0 radical (unpaired) electrons. The molecule has 8 atom stereocenters. The molecule has 6 unspecified atom stereocenters. The number of H-pyrrole nitrogens is 1. The molecule has 0 aliphatic carbocycles. The van der Waals surface area contributed by atoms with Crippen LogP contribution in [0.2, 0.25) is 0 Å². The average molecular weight is 564 g/mol. The average Bonchev–Trinajstić information content (AvgIpc) is 3.61. The normalized spacial score (nSPS) is 30.2. The summed E-state index contributed by atoms with van der Waals surface area (Å²) >= 11 is 0. The van der Waals surface area contributed by atoms with Crippen LogP contribution in [0.15, 0.2) is 58.5 Å². The molecule has 13 heteroatoms. The fourth-order valence-electron chi connectivity index (χ4n) is 6.80. The topological polar surface area (TPSA) is 151 Å². The van der Waals surface area contributed by atoms with Crippen LogP contribution in [0.1, 0.15) is 48.8 Å². The van der Waals surface area contributed by atoms with E-state index in [0.29, 0.717) is 5.92 Å². The summed E-state index contributed by atoms with van der Waals surface area (Å²) in [6.07, 6.45) is 3.17. The number of hydrogen-bond acceptors (Lipinski definition) is 9. The van der Waals surface area contributed by atoms with Gasteiger partial charge in [-0.2, -0.15) is 4.39 Å². The van der Waals surface area contributed by atoms with Gasteiger partial charge in [0, 0.05) is 42.7 Å². The van der Waals surface area contributed by atoms with Crippen LogP contribution in [0.25, 0.3) is 10.9 Å². The number of pyridine rings is 1. The predicted molar refractivity (Wildman–Crippen MR) is 143 cm³/mol. The molecule has 214 valence electrons. The second-order valence-electron chi connectivity index (χ2n) is 11.3. The van der Waals surface area contributed by atoms with E-state index in [1.807, 2.05) is 41.5 Å². The molecule has 0 saturated carbocycles. The van der Waals surface area contributed by atoms with Crippen molar-refractivity contribution in [3.8, 4) is 0 Å². The minimum Gasteiger partial charge on any atom is -0.390 e. The zero-order valence-corrected chi connectivity index (χ0v) is 22.1. The van der Waals surface area contributed by atoms with Gasteiger partial charge in [-0.15, -0.1) is 5.10 Å². The third kappa shape index (κ3) is 4.68. The van der Waals surface area contributed by atoms with E-state index in [9.17, 15) is 24.2 Å². The first-order valence-electron chi connectivity index (χ1n) is 13.9. The van der Waals surface area contributed by atoms with Crippen molar-refractivity contribution in [3.63, 3.8) is 0 Å². The molecule has 7 heterocycles. The minimum absolute atomic E-state index is 0.00554. The van der Waals surface area contributed by atoms with Crippen LogP contribution in [0.4, 0.5) is 4.39 Å². The summed E-state index contributed by atoms with van der Waals surface area (Å²) in [4.78, 5) is 32.2. The Bertz CT molecular complexity index is 1700. The highest BCUT2D eigenvalue weighted by Crippen LogP contribution is 2.45. The largest absolute Gasteiger partial charge is 0.390 e. The highest BCUT2D eigenvalue weighted by Gasteiger charge is 2.45. The van der Waals surface area contributed by atoms with Crippen LogP contribution in [-0.4, -0.2) is 76.0 Å². The maximum atomic E-state index is 13.8. The number of nitrogens with one attached hydrogen (secondary N) is 1. The SMILES string of the molecule is O=c1[nH]c(=O)n(C2CC(O)C(Cn3cc(C4C[N@@]5CCC4CC5[C@@H](O)c4ccnc5ccccc45)nn3)O2)cc1F. The van der Waals surface area contributed by atoms with Gasteiger partial charge in [0.1, 0.15) is 12.3 Å². The predicted octanol–water partition coefficient (Wildman–Crippen LogP) is 1.08. The fraction of sp³-hybridized carbons (Fsp3) is 0.464. The van der Waals surface area contributed by atoms with Gasteiger partial charge in [-0.1, -0.05) is 23.4 Å². The van der Waals surface area contributed by atoms with Gasteiger partial charge in [0.05, 0.1) is 36.2 Å². The Kier molecular flexibility index (Phi) is 6.53. The lowest BCUT2D eigenvalue weighted by Gasteiger charge is -2.50. The Morgan fingerprint density at radius 2 is 2.02 bits per heavy atom. The summed E-state index contributed by atoms with van der Waals surface area (Å²) in [5.74, 6) is -0.592. The number of aliphatic hydroxyl groups is 2. The lowest BCUT2D eigenvalue weighted by Crippen LogP contribution is -2.54. The number of rotatable bonds is 6. The summed E-state index contributed by atoms with van der Waals surface area (Å²) < 4.78 is 22.2. The standard InChI is InChI=1S/C28H30FN7O5/c29-19-12-36(28(40)31-27(19)39)25-10-23(37)24(41-25)14-35-13-21(32-33-35)18-11-34-8-6-15(18)9-22(34)26(38)17-5-7-30-20-4-2-1-3-16(17)20/h1-5,7,12-13,15,18,22-26,37-38H,6,8-11,14H2,(H,31,39,40)/t15?,18?,22?,23?,24?,25?,26-/m0/s1. The molecule has 0 amide bonds. The highest BCUT2D eigenvalue weighted by molar-refractivity contribution is 5.82. The third-order valence-electron chi connectivity index (χ3n) is 8.91. The summed E-state index contributed by atoms with van der Waals surface area (Å²) in [7, 11) is 0. The number of aliphatic hydroxyl groups excluding tert-OH is 2. The van der Waals surface area contributed by atoms with Gasteiger partial charge >= 0.3 is 5.69 Å². The lowest BCUT2D eigenvalue weighted by atomic mass is 9.72. The van der Waals surface area contributed by atoms with Crippen LogP contribution >= 0.6 is 0 Å². The molecule has 8 rings (SSSR count). The summed E-state index contributed by atoms with van der Waals surface area (Å²) in [5, 5.41) is 31.7. The zero-order chi connectivity index (χ0) is 28.2. The molecule has 3 aromatic heterocycles. The van der Waals surface area contributed by atoms with Crippen molar-refractivity contribution in [3.05, 3.63) is 86.8 Å². The van der Waals surface area contributed by atoms with Crippen molar-refractivity contribution < 1.29 is 19.3 Å². The van der Waals surface area contributed by atoms with Crippen LogP contribution in [0.3, 0.4) is 0 Å². The van der Waals surface area contributed by atoms with E-state index in [0.717, 1.165) is 58.9 Å². The van der Waals surface area contributed by atoms with Crippen molar-refractivity contribution in [2.24, 2.45) is 5.92 Å². The van der Waals surface area contributed by atoms with E-state index < -0.39 is 41.6 Å². The first-order chi connectivity index (χ1) is 19.9. The summed E-state index contributed by atoms with van der Waals surface area (Å²) in [6.45, 7) is 1.87. The molecule has 3 N–H and O–H groups in total. The Balaban J connectivity index is 1.03. The number of halogens is 1. The molecule has 2 bridgehead atoms. The van der Waals surface area contributed by atoms with Crippen LogP contribution < -0.4 is 11.2 Å². The second-order valence-corrected chi connectivity index (χ2v) is 11.3. The molecule has 4 fully saturated rings. The summed E-state index contributed by atoms with van der Waals surface area (Å²) in [6, 6.07) is 9.79. The molecule has 4 aliphatic rings. The number of ether oxygens (including phenoxy) is 1. The summed E-state index contributed by atoms with van der Waals surface area (Å²) in [5.41, 5.74) is 0.715. The quantitative estimate of drug-likeness (QED) is 0.313. The molecule has 4 aromatic rings. The van der Waals surface area contributed by atoms with Gasteiger partial charge in [-0.05, 0) is 43.0 Å². The Morgan fingerprint density at radius 3 is 2.85 bits per heavy atom. The second kappa shape index (κ2) is 10.2. The van der Waals surface area contributed by atoms with Crippen molar-refractivity contribution in [1.29, 1.82) is 0 Å². The molecular weight excluding hydrogens is 533 g/mol. The Morgan fingerprint density at radius 1 is 1.17 bits per heavy atom. The fourth-order valence-corrected chi connectivity index (χ4v) is 6.80. The molecule has 4 aliphatic heterocycles. The molecule has 1 aromatic carbocycles. The number of piperidine rings is 3. The van der Waals surface area contributed by atoms with Crippen molar-refractivity contribution >= 4 is 10.9 Å². The first kappa shape index (κ1) is 26.1. The first-order valence-corrected chi connectivity index (χ1v) is 13.9. The highest BCUT2D eigenvalue weighted by atomic mass is 19.1. The molecule has 41 heavy (non-hydrogen) atoms. The van der Waals surface area contributed by atoms with Gasteiger partial charge in [-0.25, -0.2) is 9.48 Å². The lowest BCUT2D eigenvalue weighted by molar-refractivity contribution is -0.0382. The minimum atomic E-state index is -1.10. The number of aromatic nitrogens is 6. The van der Waals surface area contributed by atoms with E-state index in [2.05, 4.69) is 20.2 Å². The zero-order valence-electron chi connectivity index (χ0n) is 22.1. The molecule has 4 saturated heterocycles. The Hall–Kier alpha value is -3.78. The van der Waals surface area contributed by atoms with E-state index in [-0.39, 0.29) is 24.9 Å². The number of aromatic amines is 1. The number of para-hydroxylation sites is 1. The van der Waals surface area contributed by atoms with Gasteiger partial charge in [0.25, 0.3) is 5.56 Å². The van der Waals surface area contributed by atoms with Gasteiger partial charge < -0.3 is 14.9 Å². The number of benzene rings is 1.